The molecule has 0 radical (unpaired) electrons. The first-order valence-electron chi connectivity index (χ1n) is 6.77. The average molecular weight is 277 g/mol. The van der Waals surface area contributed by atoms with Gasteiger partial charge in [0.15, 0.2) is 0 Å². The lowest BCUT2D eigenvalue weighted by Gasteiger charge is -2.30. The van der Waals surface area contributed by atoms with Crippen LogP contribution in [-0.2, 0) is 4.79 Å². The number of pyridine rings is 1. The summed E-state index contributed by atoms with van der Waals surface area (Å²) < 4.78 is 0. The normalized spacial score (nSPS) is 15.9. The van der Waals surface area contributed by atoms with Gasteiger partial charge in [-0.2, -0.15) is 0 Å². The molecular formula is C14H19N3O3. The Labute approximate surface area is 117 Å². The highest BCUT2D eigenvalue weighted by atomic mass is 16.4. The first-order valence-corrected chi connectivity index (χ1v) is 6.77. The summed E-state index contributed by atoms with van der Waals surface area (Å²) >= 11 is 0. The summed E-state index contributed by atoms with van der Waals surface area (Å²) in [7, 11) is 0. The molecule has 1 aliphatic heterocycles. The van der Waals surface area contributed by atoms with Crippen LogP contribution in [0.2, 0.25) is 0 Å². The Morgan fingerprint density at radius 1 is 1.40 bits per heavy atom. The molecule has 1 fully saturated rings. The summed E-state index contributed by atoms with van der Waals surface area (Å²) in [6, 6.07) is 3.31. The van der Waals surface area contributed by atoms with Crippen LogP contribution in [-0.4, -0.2) is 46.5 Å². The minimum absolute atomic E-state index is 0.00538. The number of carboxylic acids is 1. The van der Waals surface area contributed by atoms with Crippen molar-refractivity contribution in [3.63, 3.8) is 0 Å². The molecule has 1 saturated heterocycles. The molecule has 108 valence electrons. The largest absolute Gasteiger partial charge is 0.480 e. The molecule has 6 nitrogen and oxygen atoms in total. The van der Waals surface area contributed by atoms with Gasteiger partial charge >= 0.3 is 5.97 Å². The Bertz CT molecular complexity index is 479. The second-order valence-corrected chi connectivity index (χ2v) is 5.15. The van der Waals surface area contributed by atoms with Crippen molar-refractivity contribution in [2.45, 2.75) is 19.8 Å². The van der Waals surface area contributed by atoms with Crippen LogP contribution in [0.25, 0.3) is 0 Å². The Hall–Kier alpha value is -2.11. The van der Waals surface area contributed by atoms with Crippen molar-refractivity contribution in [2.75, 3.05) is 25.0 Å². The van der Waals surface area contributed by atoms with Gasteiger partial charge in [-0.25, -0.2) is 4.98 Å². The van der Waals surface area contributed by atoms with Crippen LogP contribution >= 0.6 is 0 Å². The highest BCUT2D eigenvalue weighted by molar-refractivity contribution is 5.94. The average Bonchev–Trinajstić information content (AvgIpc) is 2.46. The van der Waals surface area contributed by atoms with Crippen LogP contribution in [0.4, 0.5) is 5.82 Å². The number of carboxylic acid groups (broad SMARTS) is 1. The maximum absolute atomic E-state index is 12.3. The number of piperidine rings is 1. The molecule has 0 bridgehead atoms. The molecule has 2 heterocycles. The zero-order chi connectivity index (χ0) is 14.5. The van der Waals surface area contributed by atoms with Crippen molar-refractivity contribution in [2.24, 2.45) is 5.92 Å². The predicted octanol–water partition coefficient (Wildman–Crippen LogP) is 1.45. The molecule has 1 aromatic heterocycles. The van der Waals surface area contributed by atoms with Crippen LogP contribution in [0, 0.1) is 5.92 Å². The number of anilines is 1. The van der Waals surface area contributed by atoms with Gasteiger partial charge in [0, 0.05) is 19.3 Å². The monoisotopic (exact) mass is 277 g/mol. The van der Waals surface area contributed by atoms with E-state index in [0.717, 1.165) is 25.9 Å². The van der Waals surface area contributed by atoms with Crippen molar-refractivity contribution < 1.29 is 14.7 Å². The van der Waals surface area contributed by atoms with Crippen LogP contribution in [0.1, 0.15) is 30.1 Å². The zero-order valence-electron chi connectivity index (χ0n) is 11.5. The van der Waals surface area contributed by atoms with Gasteiger partial charge in [-0.1, -0.05) is 6.92 Å². The van der Waals surface area contributed by atoms with E-state index in [9.17, 15) is 9.59 Å². The predicted molar refractivity (Wildman–Crippen MR) is 74.7 cm³/mol. The van der Waals surface area contributed by atoms with E-state index in [2.05, 4.69) is 17.2 Å². The number of aliphatic carboxylic acids is 1. The molecule has 2 rings (SSSR count). The van der Waals surface area contributed by atoms with Crippen LogP contribution in [0.3, 0.4) is 0 Å². The topological polar surface area (TPSA) is 82.5 Å². The SMILES string of the molecule is CC1CCN(C(=O)c2ccc(NCC(=O)O)nc2)CC1. The highest BCUT2D eigenvalue weighted by Gasteiger charge is 2.21. The second kappa shape index (κ2) is 6.36. The number of amides is 1. The third kappa shape index (κ3) is 3.69. The molecule has 20 heavy (non-hydrogen) atoms. The fraction of sp³-hybridized carbons (Fsp3) is 0.500. The molecule has 0 aromatic carbocycles. The molecule has 0 saturated carbocycles. The standard InChI is InChI=1S/C14H19N3O3/c1-10-4-6-17(7-5-10)14(20)11-2-3-12(15-8-11)16-9-13(18)19/h2-3,8,10H,4-7,9H2,1H3,(H,15,16)(H,18,19). The number of hydrogen-bond donors (Lipinski definition) is 2. The minimum atomic E-state index is -0.950. The molecule has 1 amide bonds. The summed E-state index contributed by atoms with van der Waals surface area (Å²) in [5.41, 5.74) is 0.542. The molecule has 1 aromatic rings. The van der Waals surface area contributed by atoms with E-state index in [1.165, 1.54) is 6.20 Å². The van der Waals surface area contributed by atoms with Crippen LogP contribution in [0.15, 0.2) is 18.3 Å². The smallest absolute Gasteiger partial charge is 0.322 e. The number of rotatable bonds is 4. The second-order valence-electron chi connectivity index (χ2n) is 5.15. The summed E-state index contributed by atoms with van der Waals surface area (Å²) in [5, 5.41) is 11.2. The lowest BCUT2D eigenvalue weighted by Crippen LogP contribution is -2.37. The van der Waals surface area contributed by atoms with Crippen LogP contribution < -0.4 is 5.32 Å². The Morgan fingerprint density at radius 2 is 2.10 bits per heavy atom. The third-order valence-corrected chi connectivity index (χ3v) is 3.50. The van der Waals surface area contributed by atoms with Crippen molar-refractivity contribution in [3.8, 4) is 0 Å². The Kier molecular flexibility index (Phi) is 4.55. The first kappa shape index (κ1) is 14.3. The fourth-order valence-corrected chi connectivity index (χ4v) is 2.19. The van der Waals surface area contributed by atoms with Crippen molar-refractivity contribution >= 4 is 17.7 Å². The molecule has 1 aliphatic rings. The number of carbonyl (C=O) groups is 2. The number of aromatic nitrogens is 1. The highest BCUT2D eigenvalue weighted by Crippen LogP contribution is 2.18. The zero-order valence-corrected chi connectivity index (χ0v) is 11.5. The van der Waals surface area contributed by atoms with Crippen molar-refractivity contribution in [3.05, 3.63) is 23.9 Å². The van der Waals surface area contributed by atoms with E-state index in [4.69, 9.17) is 5.11 Å². The summed E-state index contributed by atoms with van der Waals surface area (Å²) in [6.45, 7) is 3.59. The fourth-order valence-electron chi connectivity index (χ4n) is 2.19. The lowest BCUT2D eigenvalue weighted by molar-refractivity contribution is -0.134. The molecule has 0 atom stereocenters. The van der Waals surface area contributed by atoms with Crippen molar-refractivity contribution in [1.82, 2.24) is 9.88 Å². The van der Waals surface area contributed by atoms with Crippen molar-refractivity contribution in [1.29, 1.82) is 0 Å². The summed E-state index contributed by atoms with van der Waals surface area (Å²) in [4.78, 5) is 28.6. The number of likely N-dealkylation sites (tertiary alicyclic amines) is 1. The van der Waals surface area contributed by atoms with Gasteiger partial charge in [0.05, 0.1) is 5.56 Å². The number of carbonyl (C=O) groups excluding carboxylic acids is 1. The van der Waals surface area contributed by atoms with E-state index >= 15 is 0 Å². The van der Waals surface area contributed by atoms with Gasteiger partial charge in [-0.15, -0.1) is 0 Å². The van der Waals surface area contributed by atoms with Gasteiger partial charge in [0.1, 0.15) is 12.4 Å². The van der Waals surface area contributed by atoms with Gasteiger partial charge in [-0.05, 0) is 30.9 Å². The maximum Gasteiger partial charge on any atom is 0.322 e. The summed E-state index contributed by atoms with van der Waals surface area (Å²) in [6.07, 6.45) is 3.57. The van der Waals surface area contributed by atoms with E-state index in [0.29, 0.717) is 17.3 Å². The molecule has 6 heteroatoms. The molecule has 2 N–H and O–H groups in total. The quantitative estimate of drug-likeness (QED) is 0.870. The van der Waals surface area contributed by atoms with Gasteiger partial charge in [0.25, 0.3) is 5.91 Å². The number of hydrogen-bond acceptors (Lipinski definition) is 4. The molecule has 0 aliphatic carbocycles. The molecule has 0 unspecified atom stereocenters. The Balaban J connectivity index is 1.95. The molecule has 0 spiro atoms. The minimum Gasteiger partial charge on any atom is -0.480 e. The van der Waals surface area contributed by atoms with Crippen LogP contribution in [0.5, 0.6) is 0 Å². The summed E-state index contributed by atoms with van der Waals surface area (Å²) in [5.74, 6) is 0.180. The van der Waals surface area contributed by atoms with Gasteiger partial charge < -0.3 is 15.3 Å². The number of nitrogens with one attached hydrogen (secondary N) is 1. The van der Waals surface area contributed by atoms with E-state index in [1.54, 1.807) is 12.1 Å². The van der Waals surface area contributed by atoms with E-state index in [-0.39, 0.29) is 12.5 Å². The van der Waals surface area contributed by atoms with E-state index in [1.807, 2.05) is 4.90 Å². The number of nitrogens with zero attached hydrogens (tertiary/aromatic N) is 2. The molecular weight excluding hydrogens is 258 g/mol. The Morgan fingerprint density at radius 3 is 2.65 bits per heavy atom. The van der Waals surface area contributed by atoms with Gasteiger partial charge in [-0.3, -0.25) is 9.59 Å². The first-order chi connectivity index (χ1) is 9.56. The maximum atomic E-state index is 12.3. The lowest BCUT2D eigenvalue weighted by atomic mass is 9.99. The third-order valence-electron chi connectivity index (χ3n) is 3.50. The van der Waals surface area contributed by atoms with Gasteiger partial charge in [0.2, 0.25) is 0 Å². The van der Waals surface area contributed by atoms with E-state index < -0.39 is 5.97 Å².